The van der Waals surface area contributed by atoms with Crippen LogP contribution in [0.1, 0.15) is 24.8 Å². The van der Waals surface area contributed by atoms with Crippen molar-refractivity contribution in [3.05, 3.63) is 35.6 Å². The van der Waals surface area contributed by atoms with E-state index in [-0.39, 0.29) is 11.9 Å². The fraction of sp³-hybridized carbons (Fsp3) is 0.611. The van der Waals surface area contributed by atoms with E-state index in [9.17, 15) is 4.39 Å². The van der Waals surface area contributed by atoms with Gasteiger partial charge in [-0.15, -0.1) is 0 Å². The Morgan fingerprint density at radius 3 is 3.00 bits per heavy atom. The predicted octanol–water partition coefficient (Wildman–Crippen LogP) is 2.12. The van der Waals surface area contributed by atoms with Gasteiger partial charge in [-0.05, 0) is 43.4 Å². The lowest BCUT2D eigenvalue weighted by Gasteiger charge is -2.13. The highest BCUT2D eigenvalue weighted by Crippen LogP contribution is 2.11. The first-order valence-electron chi connectivity index (χ1n) is 8.66. The molecule has 0 saturated carbocycles. The van der Waals surface area contributed by atoms with Gasteiger partial charge in [0.2, 0.25) is 0 Å². The maximum Gasteiger partial charge on any atom is 0.190 e. The van der Waals surface area contributed by atoms with Gasteiger partial charge in [-0.2, -0.15) is 0 Å². The van der Waals surface area contributed by atoms with E-state index in [1.54, 1.807) is 19.2 Å². The van der Waals surface area contributed by atoms with Gasteiger partial charge in [-0.3, -0.25) is 4.99 Å². The maximum atomic E-state index is 13.1. The average molecular weight is 337 g/mol. The van der Waals surface area contributed by atoms with Gasteiger partial charge in [-0.25, -0.2) is 4.39 Å². The summed E-state index contributed by atoms with van der Waals surface area (Å²) in [7, 11) is 1.74. The molecule has 0 bridgehead atoms. The molecule has 1 aliphatic heterocycles. The van der Waals surface area contributed by atoms with E-state index < -0.39 is 0 Å². The molecule has 2 rings (SSSR count). The van der Waals surface area contributed by atoms with Crippen molar-refractivity contribution in [1.29, 1.82) is 0 Å². The number of nitrogens with zero attached hydrogens (tertiary/aromatic N) is 1. The Kier molecular flexibility index (Phi) is 8.55. The molecule has 1 heterocycles. The first-order chi connectivity index (χ1) is 11.8. The number of benzene rings is 1. The Hall–Kier alpha value is -1.66. The van der Waals surface area contributed by atoms with Crippen LogP contribution in [0.15, 0.2) is 29.3 Å². The van der Waals surface area contributed by atoms with E-state index in [1.807, 2.05) is 6.07 Å². The number of nitrogens with one attached hydrogen (secondary N) is 2. The third-order valence-corrected chi connectivity index (χ3v) is 3.90. The molecule has 0 spiro atoms. The van der Waals surface area contributed by atoms with E-state index in [0.29, 0.717) is 19.8 Å². The Bertz CT molecular complexity index is 505. The molecule has 6 heteroatoms. The van der Waals surface area contributed by atoms with Crippen molar-refractivity contribution < 1.29 is 13.9 Å². The first-order valence-corrected chi connectivity index (χ1v) is 8.66. The van der Waals surface area contributed by atoms with Gasteiger partial charge in [-0.1, -0.05) is 12.1 Å². The minimum Gasteiger partial charge on any atom is -0.379 e. The molecule has 0 aromatic heterocycles. The number of ether oxygens (including phenoxy) is 2. The van der Waals surface area contributed by atoms with Crippen molar-refractivity contribution >= 4 is 5.96 Å². The van der Waals surface area contributed by atoms with Crippen molar-refractivity contribution in [1.82, 2.24) is 10.6 Å². The van der Waals surface area contributed by atoms with E-state index in [2.05, 4.69) is 15.6 Å². The molecule has 24 heavy (non-hydrogen) atoms. The highest BCUT2D eigenvalue weighted by molar-refractivity contribution is 5.79. The summed E-state index contributed by atoms with van der Waals surface area (Å²) in [6.07, 6.45) is 4.21. The molecule has 0 radical (unpaired) electrons. The maximum absolute atomic E-state index is 13.1. The van der Waals surface area contributed by atoms with Crippen LogP contribution in [0.3, 0.4) is 0 Å². The highest BCUT2D eigenvalue weighted by atomic mass is 19.1. The second-order valence-corrected chi connectivity index (χ2v) is 5.87. The summed E-state index contributed by atoms with van der Waals surface area (Å²) in [5, 5.41) is 6.48. The van der Waals surface area contributed by atoms with Gasteiger partial charge < -0.3 is 20.1 Å². The standard InChI is InChI=1S/C18H28FN3O2/c1-20-18(22-10-8-15-5-2-6-16(19)13-15)21-9-4-11-23-14-17-7-3-12-24-17/h2,5-6,13,17H,3-4,7-12,14H2,1H3,(H2,20,21,22). The number of halogens is 1. The van der Waals surface area contributed by atoms with Gasteiger partial charge in [0.25, 0.3) is 0 Å². The zero-order chi connectivity index (χ0) is 17.0. The second-order valence-electron chi connectivity index (χ2n) is 5.87. The van der Waals surface area contributed by atoms with Crippen LogP contribution in [0.5, 0.6) is 0 Å². The number of hydrogen-bond acceptors (Lipinski definition) is 3. The molecule has 1 saturated heterocycles. The third kappa shape index (κ3) is 7.27. The average Bonchev–Trinajstić information content (AvgIpc) is 3.09. The summed E-state index contributed by atoms with van der Waals surface area (Å²) < 4.78 is 24.2. The summed E-state index contributed by atoms with van der Waals surface area (Å²) in [5.74, 6) is 0.559. The van der Waals surface area contributed by atoms with Crippen molar-refractivity contribution in [3.63, 3.8) is 0 Å². The van der Waals surface area contributed by atoms with Gasteiger partial charge in [0.05, 0.1) is 12.7 Å². The van der Waals surface area contributed by atoms with Crippen LogP contribution >= 0.6 is 0 Å². The van der Waals surface area contributed by atoms with Crippen LogP contribution in [0.2, 0.25) is 0 Å². The van der Waals surface area contributed by atoms with Gasteiger partial charge in [0.1, 0.15) is 5.82 Å². The van der Waals surface area contributed by atoms with Gasteiger partial charge >= 0.3 is 0 Å². The molecular formula is C18H28FN3O2. The number of aliphatic imine (C=N–C) groups is 1. The first kappa shape index (κ1) is 18.7. The van der Waals surface area contributed by atoms with Crippen molar-refractivity contribution in [2.45, 2.75) is 31.8 Å². The van der Waals surface area contributed by atoms with Crippen LogP contribution in [-0.2, 0) is 15.9 Å². The number of hydrogen-bond donors (Lipinski definition) is 2. The Morgan fingerprint density at radius 2 is 2.25 bits per heavy atom. The molecule has 1 atom stereocenters. The SMILES string of the molecule is CN=C(NCCCOCC1CCCO1)NCCc1cccc(F)c1. The summed E-state index contributed by atoms with van der Waals surface area (Å²) >= 11 is 0. The molecule has 134 valence electrons. The third-order valence-electron chi connectivity index (χ3n) is 3.90. The molecule has 1 aliphatic rings. The summed E-state index contributed by atoms with van der Waals surface area (Å²) in [4.78, 5) is 4.18. The molecule has 5 nitrogen and oxygen atoms in total. The van der Waals surface area contributed by atoms with Crippen LogP contribution in [0, 0.1) is 5.82 Å². The normalized spacial score (nSPS) is 17.9. The van der Waals surface area contributed by atoms with E-state index in [1.165, 1.54) is 6.07 Å². The van der Waals surface area contributed by atoms with E-state index >= 15 is 0 Å². The summed E-state index contributed by atoms with van der Waals surface area (Å²) in [5.41, 5.74) is 0.973. The highest BCUT2D eigenvalue weighted by Gasteiger charge is 2.14. The van der Waals surface area contributed by atoms with Crippen molar-refractivity contribution in [2.75, 3.05) is 40.0 Å². The smallest absolute Gasteiger partial charge is 0.190 e. The number of rotatable bonds is 9. The molecule has 0 aliphatic carbocycles. The van der Waals surface area contributed by atoms with Crippen LogP contribution < -0.4 is 10.6 Å². The van der Waals surface area contributed by atoms with Crippen molar-refractivity contribution in [2.24, 2.45) is 4.99 Å². The van der Waals surface area contributed by atoms with Gasteiger partial charge in [0.15, 0.2) is 5.96 Å². The van der Waals surface area contributed by atoms with Crippen molar-refractivity contribution in [3.8, 4) is 0 Å². The van der Waals surface area contributed by atoms with Crippen LogP contribution in [-0.4, -0.2) is 52.0 Å². The molecule has 2 N–H and O–H groups in total. The summed E-state index contributed by atoms with van der Waals surface area (Å²) in [6.45, 7) is 3.78. The molecule has 0 amide bonds. The minimum atomic E-state index is -0.196. The topological polar surface area (TPSA) is 54.9 Å². The lowest BCUT2D eigenvalue weighted by molar-refractivity contribution is 0.0168. The molecule has 1 fully saturated rings. The largest absolute Gasteiger partial charge is 0.379 e. The lowest BCUT2D eigenvalue weighted by atomic mass is 10.1. The Balaban J connectivity index is 1.50. The van der Waals surface area contributed by atoms with Crippen LogP contribution in [0.4, 0.5) is 4.39 Å². The van der Waals surface area contributed by atoms with E-state index in [0.717, 1.165) is 50.4 Å². The Labute approximate surface area is 143 Å². The second kappa shape index (κ2) is 11.0. The molecule has 1 aromatic rings. The Morgan fingerprint density at radius 1 is 1.38 bits per heavy atom. The molecule has 1 aromatic carbocycles. The van der Waals surface area contributed by atoms with Gasteiger partial charge in [0, 0.05) is 33.4 Å². The quantitative estimate of drug-likeness (QED) is 0.412. The zero-order valence-corrected chi connectivity index (χ0v) is 14.4. The fourth-order valence-electron chi connectivity index (χ4n) is 2.61. The molecule has 1 unspecified atom stereocenters. The lowest BCUT2D eigenvalue weighted by Crippen LogP contribution is -2.39. The molecular weight excluding hydrogens is 309 g/mol. The monoisotopic (exact) mass is 337 g/mol. The fourth-order valence-corrected chi connectivity index (χ4v) is 2.61. The van der Waals surface area contributed by atoms with E-state index in [4.69, 9.17) is 9.47 Å². The van der Waals surface area contributed by atoms with Crippen LogP contribution in [0.25, 0.3) is 0 Å². The number of guanidine groups is 1. The summed E-state index contributed by atoms with van der Waals surface area (Å²) in [6, 6.07) is 6.67. The predicted molar refractivity (Wildman–Crippen MR) is 93.9 cm³/mol. The minimum absolute atomic E-state index is 0.196. The zero-order valence-electron chi connectivity index (χ0n) is 14.4.